The molecule has 10 nitrogen and oxygen atoms in total. The number of piperidine rings is 1. The number of benzene rings is 2. The van der Waals surface area contributed by atoms with E-state index in [9.17, 15) is 23.5 Å². The first-order valence-electron chi connectivity index (χ1n) is 17.7. The van der Waals surface area contributed by atoms with Gasteiger partial charge in [-0.1, -0.05) is 41.4 Å². The van der Waals surface area contributed by atoms with Gasteiger partial charge in [-0.05, 0) is 111 Å². The number of esters is 2. The average Bonchev–Trinajstić information content (AvgIpc) is 3.86. The van der Waals surface area contributed by atoms with Crippen LogP contribution in [0.2, 0.25) is 10.0 Å². The van der Waals surface area contributed by atoms with Crippen LogP contribution in [0.5, 0.6) is 17.2 Å². The fraction of sp³-hybridized carbons (Fsp3) is 0.410. The number of carbonyl (C=O) groups is 2. The van der Waals surface area contributed by atoms with Crippen LogP contribution >= 0.6 is 34.5 Å². The second-order valence-corrected chi connectivity index (χ2v) is 15.6. The Morgan fingerprint density at radius 3 is 2.41 bits per heavy atom. The lowest BCUT2D eigenvalue weighted by molar-refractivity contribution is -0.148. The highest BCUT2D eigenvalue weighted by Gasteiger charge is 2.28. The van der Waals surface area contributed by atoms with Crippen LogP contribution in [0.25, 0.3) is 0 Å². The normalized spacial score (nSPS) is 16.2. The molecule has 6 rings (SSSR count). The first-order chi connectivity index (χ1) is 26.0. The molecule has 2 N–H and O–H groups in total. The lowest BCUT2D eigenvalue weighted by Crippen LogP contribution is -2.34. The van der Waals surface area contributed by atoms with Gasteiger partial charge in [0.15, 0.2) is 11.5 Å². The lowest BCUT2D eigenvalue weighted by atomic mass is 9.98. The number of phenolic OH excluding ortho intramolecular Hbond substituents is 1. The van der Waals surface area contributed by atoms with Crippen molar-refractivity contribution in [2.24, 2.45) is 11.8 Å². The van der Waals surface area contributed by atoms with Gasteiger partial charge < -0.3 is 29.0 Å². The van der Waals surface area contributed by atoms with E-state index in [1.807, 2.05) is 0 Å². The molecular weight excluding hydrogens is 763 g/mol. The molecule has 1 saturated heterocycles. The number of halogens is 4. The van der Waals surface area contributed by atoms with Gasteiger partial charge in [0.1, 0.15) is 22.8 Å². The van der Waals surface area contributed by atoms with Crippen molar-refractivity contribution in [3.8, 4) is 17.2 Å². The molecule has 0 bridgehead atoms. The summed E-state index contributed by atoms with van der Waals surface area (Å²) < 4.78 is 48.9. The van der Waals surface area contributed by atoms with Crippen LogP contribution in [0.3, 0.4) is 0 Å². The van der Waals surface area contributed by atoms with Crippen molar-refractivity contribution in [2.45, 2.75) is 57.4 Å². The Kier molecular flexibility index (Phi) is 13.6. The molecule has 3 heterocycles. The van der Waals surface area contributed by atoms with E-state index in [1.54, 1.807) is 24.3 Å². The Bertz CT molecular complexity index is 1890. The predicted octanol–water partition coefficient (Wildman–Crippen LogP) is 8.40. The number of pyridine rings is 1. The molecular formula is C39H41Cl2F2N3O7S. The minimum atomic E-state index is -3.06. The molecule has 2 aliphatic rings. The molecule has 2 atom stereocenters. The number of likely N-dealkylation sites (tertiary alicyclic amines) is 1. The second kappa shape index (κ2) is 18.5. The van der Waals surface area contributed by atoms with Crippen LogP contribution < -0.4 is 14.8 Å². The van der Waals surface area contributed by atoms with Gasteiger partial charge in [0, 0.05) is 30.2 Å². The Hall–Kier alpha value is -4.01. The molecule has 1 saturated carbocycles. The largest absolute Gasteiger partial charge is 0.508 e. The number of alkyl halides is 2. The third kappa shape index (κ3) is 11.0. The number of nitrogens with zero attached hydrogens (tertiary/aromatic N) is 2. The van der Waals surface area contributed by atoms with Gasteiger partial charge >= 0.3 is 18.6 Å². The fourth-order valence-corrected chi connectivity index (χ4v) is 7.46. The van der Waals surface area contributed by atoms with E-state index < -0.39 is 30.7 Å². The Morgan fingerprint density at radius 2 is 1.70 bits per heavy atom. The van der Waals surface area contributed by atoms with Crippen molar-refractivity contribution in [1.29, 1.82) is 0 Å². The van der Waals surface area contributed by atoms with Crippen LogP contribution in [0.1, 0.15) is 69.1 Å². The van der Waals surface area contributed by atoms with Crippen LogP contribution in [-0.4, -0.2) is 66.9 Å². The standard InChI is InChI=1S/C39H41Cl2F2N3O7S/c1-46-13-11-24(12-14-46)22-51-38(49)36(26-3-2-4-27(47)15-26)45-18-28-8-10-35(54-28)37(48)52-33(17-29-30(40)19-44-20-31(29)41)25-7-9-32(53-39(42)43)34(16-25)50-21-23-5-6-23/h2-4,7-10,15-16,19-20,23-24,33,36,39,45,47H,5-6,11-14,17-18,21-22H2,1H3. The van der Waals surface area contributed by atoms with Gasteiger partial charge in [0.05, 0.1) is 23.3 Å². The molecule has 15 heteroatoms. The van der Waals surface area contributed by atoms with E-state index in [-0.39, 0.29) is 51.1 Å². The van der Waals surface area contributed by atoms with E-state index in [1.165, 1.54) is 54.1 Å². The molecule has 0 amide bonds. The SMILES string of the molecule is CN1CCC(COC(=O)C(NCc2ccc(C(=O)OC(Cc3c(Cl)cncc3Cl)c3ccc(OC(F)F)c(OCC4CC4)c3)s2)c2cccc(O)c2)CC1. The van der Waals surface area contributed by atoms with Gasteiger partial charge in [0.25, 0.3) is 0 Å². The van der Waals surface area contributed by atoms with Crippen molar-refractivity contribution in [2.75, 3.05) is 33.4 Å². The van der Waals surface area contributed by atoms with Gasteiger partial charge in [-0.15, -0.1) is 11.3 Å². The number of carbonyl (C=O) groups excluding carboxylic acids is 2. The number of ether oxygens (including phenoxy) is 4. The number of thiophene rings is 1. The smallest absolute Gasteiger partial charge is 0.387 e. The van der Waals surface area contributed by atoms with E-state index in [0.717, 1.165) is 43.6 Å². The van der Waals surface area contributed by atoms with Crippen molar-refractivity contribution < 1.29 is 42.4 Å². The summed E-state index contributed by atoms with van der Waals surface area (Å²) in [6.45, 7) is -0.306. The molecule has 2 unspecified atom stereocenters. The summed E-state index contributed by atoms with van der Waals surface area (Å²) in [6.07, 6.45) is 5.81. The summed E-state index contributed by atoms with van der Waals surface area (Å²) in [5, 5.41) is 13.9. The quantitative estimate of drug-likeness (QED) is 0.101. The highest BCUT2D eigenvalue weighted by Crippen LogP contribution is 2.38. The minimum Gasteiger partial charge on any atom is -0.508 e. The van der Waals surface area contributed by atoms with Crippen molar-refractivity contribution in [1.82, 2.24) is 15.2 Å². The van der Waals surface area contributed by atoms with Crippen molar-refractivity contribution in [3.05, 3.63) is 103 Å². The van der Waals surface area contributed by atoms with Gasteiger partial charge in [-0.2, -0.15) is 8.78 Å². The molecule has 0 radical (unpaired) electrons. The Morgan fingerprint density at radius 1 is 0.963 bits per heavy atom. The number of aromatic hydroxyl groups is 1. The first kappa shape index (κ1) is 39.7. The Balaban J connectivity index is 1.17. The third-order valence-electron chi connectivity index (χ3n) is 9.40. The van der Waals surface area contributed by atoms with E-state index in [2.05, 4.69) is 22.2 Å². The topological polar surface area (TPSA) is 119 Å². The monoisotopic (exact) mass is 803 g/mol. The molecule has 0 spiro atoms. The zero-order chi connectivity index (χ0) is 38.2. The maximum Gasteiger partial charge on any atom is 0.387 e. The number of phenols is 1. The number of rotatable bonds is 17. The highest BCUT2D eigenvalue weighted by atomic mass is 35.5. The summed E-state index contributed by atoms with van der Waals surface area (Å²) >= 11 is 14.1. The molecule has 1 aliphatic carbocycles. The molecule has 2 fully saturated rings. The molecule has 2 aromatic heterocycles. The van der Waals surface area contributed by atoms with Gasteiger partial charge in [0.2, 0.25) is 0 Å². The average molecular weight is 805 g/mol. The van der Waals surface area contributed by atoms with Crippen LogP contribution in [0.15, 0.2) is 67.0 Å². The second-order valence-electron chi connectivity index (χ2n) is 13.6. The third-order valence-corrected chi connectivity index (χ3v) is 11.1. The van der Waals surface area contributed by atoms with Gasteiger partial charge in [-0.3, -0.25) is 10.3 Å². The number of hydrogen-bond acceptors (Lipinski definition) is 11. The van der Waals surface area contributed by atoms with Crippen molar-refractivity contribution >= 4 is 46.5 Å². The van der Waals surface area contributed by atoms with Gasteiger partial charge in [-0.25, -0.2) is 9.59 Å². The zero-order valence-electron chi connectivity index (χ0n) is 29.5. The van der Waals surface area contributed by atoms with E-state index >= 15 is 0 Å². The number of nitrogens with one attached hydrogen (secondary N) is 1. The van der Waals surface area contributed by atoms with Crippen LogP contribution in [-0.2, 0) is 27.2 Å². The van der Waals surface area contributed by atoms with E-state index in [4.69, 9.17) is 42.1 Å². The van der Waals surface area contributed by atoms with Crippen LogP contribution in [0.4, 0.5) is 8.78 Å². The van der Waals surface area contributed by atoms with E-state index in [0.29, 0.717) is 35.8 Å². The van der Waals surface area contributed by atoms with Crippen LogP contribution in [0, 0.1) is 11.8 Å². The molecule has 4 aromatic rings. The maximum absolute atomic E-state index is 13.7. The summed E-state index contributed by atoms with van der Waals surface area (Å²) in [4.78, 5) is 34.4. The van der Waals surface area contributed by atoms with Crippen molar-refractivity contribution in [3.63, 3.8) is 0 Å². The molecule has 1 aliphatic heterocycles. The zero-order valence-corrected chi connectivity index (χ0v) is 31.8. The summed E-state index contributed by atoms with van der Waals surface area (Å²) in [5.74, 6) is -0.506. The highest BCUT2D eigenvalue weighted by molar-refractivity contribution is 7.13. The summed E-state index contributed by atoms with van der Waals surface area (Å²) in [6, 6.07) is 13.4. The first-order valence-corrected chi connectivity index (χ1v) is 19.3. The fourth-order valence-electron chi connectivity index (χ4n) is 6.10. The number of hydrogen-bond donors (Lipinski definition) is 2. The Labute approximate surface area is 326 Å². The minimum absolute atomic E-state index is 0.0188. The molecule has 288 valence electrons. The maximum atomic E-state index is 13.7. The molecule has 2 aromatic carbocycles. The predicted molar refractivity (Wildman–Crippen MR) is 201 cm³/mol. The summed E-state index contributed by atoms with van der Waals surface area (Å²) in [7, 11) is 2.07. The molecule has 54 heavy (non-hydrogen) atoms. The summed E-state index contributed by atoms with van der Waals surface area (Å²) in [5.41, 5.74) is 1.48. The number of aromatic nitrogens is 1. The lowest BCUT2D eigenvalue weighted by Gasteiger charge is -2.29.